The van der Waals surface area contributed by atoms with Crippen LogP contribution in [-0.4, -0.2) is 30.1 Å². The fourth-order valence-electron chi connectivity index (χ4n) is 3.05. The summed E-state index contributed by atoms with van der Waals surface area (Å²) in [5.74, 6) is 0.984. The fourth-order valence-corrected chi connectivity index (χ4v) is 3.05. The summed E-state index contributed by atoms with van der Waals surface area (Å²) in [4.78, 5) is 2.22. The second-order valence-electron chi connectivity index (χ2n) is 6.42. The molecule has 0 saturated carbocycles. The molecule has 1 aromatic heterocycles. The molecule has 126 valence electrons. The lowest BCUT2D eigenvalue weighted by atomic mass is 10.1. The quantitative estimate of drug-likeness (QED) is 0.643. The number of hydrogen-bond donors (Lipinski definition) is 0. The highest BCUT2D eigenvalue weighted by molar-refractivity contribution is 5.90. The normalized spacial score (nSPS) is 11.3. The summed E-state index contributed by atoms with van der Waals surface area (Å²) in [5, 5.41) is 1.26. The van der Waals surface area contributed by atoms with Crippen LogP contribution >= 0.6 is 0 Å². The van der Waals surface area contributed by atoms with Crippen molar-refractivity contribution in [1.82, 2.24) is 9.47 Å². The van der Waals surface area contributed by atoms with Crippen molar-refractivity contribution in [1.29, 1.82) is 0 Å². The van der Waals surface area contributed by atoms with E-state index in [2.05, 4.69) is 79.1 Å². The summed E-state index contributed by atoms with van der Waals surface area (Å²) in [6.07, 6.45) is 3.31. The fraction of sp³-hybridized carbons (Fsp3) is 0.333. The van der Waals surface area contributed by atoms with Gasteiger partial charge >= 0.3 is 0 Å². The van der Waals surface area contributed by atoms with Crippen LogP contribution in [0.1, 0.15) is 18.1 Å². The molecule has 3 aromatic rings. The second-order valence-corrected chi connectivity index (χ2v) is 6.42. The first kappa shape index (κ1) is 16.6. The summed E-state index contributed by atoms with van der Waals surface area (Å²) in [5.41, 5.74) is 3.82. The Morgan fingerprint density at radius 2 is 1.79 bits per heavy atom. The first-order chi connectivity index (χ1) is 11.7. The van der Waals surface area contributed by atoms with E-state index < -0.39 is 0 Å². The second kappa shape index (κ2) is 7.54. The Hall–Kier alpha value is -2.26. The van der Waals surface area contributed by atoms with Crippen LogP contribution in [0.5, 0.6) is 5.75 Å². The van der Waals surface area contributed by atoms with Gasteiger partial charge in [-0.25, -0.2) is 0 Å². The van der Waals surface area contributed by atoms with Crippen LogP contribution in [0.15, 0.2) is 54.7 Å². The Kier molecular flexibility index (Phi) is 5.21. The maximum absolute atomic E-state index is 6.18. The molecule has 24 heavy (non-hydrogen) atoms. The minimum Gasteiger partial charge on any atom is -0.488 e. The minimum absolute atomic E-state index is 0.602. The smallest absolute Gasteiger partial charge is 0.129 e. The lowest BCUT2D eigenvalue weighted by Crippen LogP contribution is -2.15. The number of aromatic nitrogens is 1. The van der Waals surface area contributed by atoms with Gasteiger partial charge in [-0.15, -0.1) is 0 Å². The van der Waals surface area contributed by atoms with Crippen LogP contribution in [0, 0.1) is 0 Å². The number of rotatable bonds is 7. The van der Waals surface area contributed by atoms with Crippen molar-refractivity contribution in [2.75, 3.05) is 20.6 Å². The molecule has 1 heterocycles. The van der Waals surface area contributed by atoms with Gasteiger partial charge in [0.1, 0.15) is 12.4 Å². The van der Waals surface area contributed by atoms with Gasteiger partial charge in [0.25, 0.3) is 0 Å². The Bertz CT molecular complexity index is 790. The first-order valence-corrected chi connectivity index (χ1v) is 8.61. The van der Waals surface area contributed by atoms with Crippen LogP contribution in [-0.2, 0) is 19.6 Å². The summed E-state index contributed by atoms with van der Waals surface area (Å²) in [6.45, 7) is 4.80. The highest BCUT2D eigenvalue weighted by atomic mass is 16.5. The zero-order chi connectivity index (χ0) is 16.9. The molecular formula is C21H26N2O. The van der Waals surface area contributed by atoms with Gasteiger partial charge in [0.2, 0.25) is 0 Å². The predicted molar refractivity (Wildman–Crippen MR) is 101 cm³/mol. The maximum atomic E-state index is 6.18. The number of nitrogens with zero attached hydrogens (tertiary/aromatic N) is 2. The molecule has 3 rings (SSSR count). The monoisotopic (exact) mass is 322 g/mol. The highest BCUT2D eigenvalue weighted by Crippen LogP contribution is 2.31. The topological polar surface area (TPSA) is 17.4 Å². The van der Waals surface area contributed by atoms with Crippen molar-refractivity contribution in [3.8, 4) is 5.75 Å². The molecule has 0 aliphatic carbocycles. The van der Waals surface area contributed by atoms with Gasteiger partial charge in [0.05, 0.1) is 5.52 Å². The lowest BCUT2D eigenvalue weighted by molar-refractivity contribution is 0.310. The molecule has 0 aliphatic heterocycles. The van der Waals surface area contributed by atoms with Crippen LogP contribution in [0.2, 0.25) is 0 Å². The molecule has 0 saturated heterocycles. The van der Waals surface area contributed by atoms with E-state index in [1.54, 1.807) is 0 Å². The van der Waals surface area contributed by atoms with E-state index in [9.17, 15) is 0 Å². The largest absolute Gasteiger partial charge is 0.488 e. The predicted octanol–water partition coefficient (Wildman–Crippen LogP) is 4.34. The molecule has 2 aromatic carbocycles. The molecule has 0 N–H and O–H groups in total. The van der Waals surface area contributed by atoms with Crippen LogP contribution in [0.25, 0.3) is 10.9 Å². The molecule has 3 nitrogen and oxygen atoms in total. The summed E-state index contributed by atoms with van der Waals surface area (Å²) in [6, 6.07) is 16.7. The summed E-state index contributed by atoms with van der Waals surface area (Å²) in [7, 11) is 4.23. The SMILES string of the molecule is CCn1cc(CCN(C)C)c2c(OCc3ccccc3)cccc21. The van der Waals surface area contributed by atoms with Gasteiger partial charge in [-0.05, 0) is 50.7 Å². The van der Waals surface area contributed by atoms with E-state index in [4.69, 9.17) is 4.74 Å². The lowest BCUT2D eigenvalue weighted by Gasteiger charge is -2.11. The van der Waals surface area contributed by atoms with E-state index in [0.717, 1.165) is 25.3 Å². The zero-order valence-corrected chi connectivity index (χ0v) is 14.8. The first-order valence-electron chi connectivity index (χ1n) is 8.61. The molecule has 0 aliphatic rings. The van der Waals surface area contributed by atoms with Crippen molar-refractivity contribution in [3.63, 3.8) is 0 Å². The van der Waals surface area contributed by atoms with Crippen molar-refractivity contribution >= 4 is 10.9 Å². The van der Waals surface area contributed by atoms with Crippen LogP contribution in [0.4, 0.5) is 0 Å². The number of ether oxygens (including phenoxy) is 1. The zero-order valence-electron chi connectivity index (χ0n) is 14.8. The third-order valence-electron chi connectivity index (χ3n) is 4.35. The van der Waals surface area contributed by atoms with Crippen molar-refractivity contribution in [2.45, 2.75) is 26.5 Å². The van der Waals surface area contributed by atoms with E-state index in [-0.39, 0.29) is 0 Å². The van der Waals surface area contributed by atoms with Crippen molar-refractivity contribution in [2.24, 2.45) is 0 Å². The standard InChI is InChI=1S/C21H26N2O/c1-4-23-15-18(13-14-22(2)3)21-19(23)11-8-12-20(21)24-16-17-9-6-5-7-10-17/h5-12,15H,4,13-14,16H2,1-3H3. The van der Waals surface area contributed by atoms with E-state index in [0.29, 0.717) is 6.61 Å². The average molecular weight is 322 g/mol. The van der Waals surface area contributed by atoms with Gasteiger partial charge in [-0.1, -0.05) is 36.4 Å². The molecule has 0 fully saturated rings. The minimum atomic E-state index is 0.602. The summed E-state index contributed by atoms with van der Waals surface area (Å²) >= 11 is 0. The Balaban J connectivity index is 1.93. The highest BCUT2D eigenvalue weighted by Gasteiger charge is 2.13. The molecule has 0 unspecified atom stereocenters. The maximum Gasteiger partial charge on any atom is 0.129 e. The Morgan fingerprint density at radius 1 is 1.00 bits per heavy atom. The van der Waals surface area contributed by atoms with Gasteiger partial charge < -0.3 is 14.2 Å². The molecular weight excluding hydrogens is 296 g/mol. The average Bonchev–Trinajstić information content (AvgIpc) is 2.97. The molecule has 0 spiro atoms. The third kappa shape index (κ3) is 3.62. The molecule has 0 atom stereocenters. The van der Waals surface area contributed by atoms with Crippen LogP contribution < -0.4 is 4.74 Å². The van der Waals surface area contributed by atoms with Gasteiger partial charge in [0, 0.05) is 24.7 Å². The molecule has 0 amide bonds. The number of benzene rings is 2. The number of hydrogen-bond acceptors (Lipinski definition) is 2. The van der Waals surface area contributed by atoms with Gasteiger partial charge in [-0.2, -0.15) is 0 Å². The Labute approximate surface area is 144 Å². The number of fused-ring (bicyclic) bond motifs is 1. The number of likely N-dealkylation sites (N-methyl/N-ethyl adjacent to an activating group) is 1. The molecule has 0 bridgehead atoms. The molecule has 3 heteroatoms. The summed E-state index contributed by atoms with van der Waals surface area (Å²) < 4.78 is 8.50. The Morgan fingerprint density at radius 3 is 2.50 bits per heavy atom. The molecule has 0 radical (unpaired) electrons. The van der Waals surface area contributed by atoms with Crippen LogP contribution in [0.3, 0.4) is 0 Å². The third-order valence-corrected chi connectivity index (χ3v) is 4.35. The van der Waals surface area contributed by atoms with Gasteiger partial charge in [0.15, 0.2) is 0 Å². The van der Waals surface area contributed by atoms with E-state index >= 15 is 0 Å². The van der Waals surface area contributed by atoms with Crippen molar-refractivity contribution in [3.05, 3.63) is 65.9 Å². The van der Waals surface area contributed by atoms with E-state index in [1.165, 1.54) is 22.0 Å². The van der Waals surface area contributed by atoms with E-state index in [1.807, 2.05) is 6.07 Å². The van der Waals surface area contributed by atoms with Crippen molar-refractivity contribution < 1.29 is 4.74 Å². The number of aryl methyl sites for hydroxylation is 1. The van der Waals surface area contributed by atoms with Gasteiger partial charge in [-0.3, -0.25) is 0 Å².